The van der Waals surface area contributed by atoms with Gasteiger partial charge in [-0.05, 0) is 31.9 Å². The fourth-order valence-electron chi connectivity index (χ4n) is 2.98. The van der Waals surface area contributed by atoms with Gasteiger partial charge in [-0.1, -0.05) is 17.7 Å². The number of hydrogen-bond acceptors (Lipinski definition) is 4. The Morgan fingerprint density at radius 1 is 1.14 bits per heavy atom. The van der Waals surface area contributed by atoms with E-state index in [0.717, 1.165) is 29.9 Å². The van der Waals surface area contributed by atoms with Crippen molar-refractivity contribution in [3.63, 3.8) is 0 Å². The predicted molar refractivity (Wildman–Crippen MR) is 80.8 cm³/mol. The van der Waals surface area contributed by atoms with E-state index in [1.807, 2.05) is 18.2 Å². The fourth-order valence-corrected chi connectivity index (χ4v) is 2.98. The number of benzene rings is 1. The Balaban J connectivity index is 2.55. The summed E-state index contributed by atoms with van der Waals surface area (Å²) in [6.45, 7) is 2.09. The predicted octanol–water partition coefficient (Wildman–Crippen LogP) is 3.32. The second kappa shape index (κ2) is 6.66. The van der Waals surface area contributed by atoms with Crippen LogP contribution in [0.3, 0.4) is 0 Å². The van der Waals surface area contributed by atoms with E-state index in [1.165, 1.54) is 12.7 Å². The van der Waals surface area contributed by atoms with Gasteiger partial charge in [0.1, 0.15) is 11.5 Å². The van der Waals surface area contributed by atoms with Crippen LogP contribution in [0.5, 0.6) is 11.5 Å². The molecule has 0 bridgehead atoms. The second-order valence-electron chi connectivity index (χ2n) is 5.28. The van der Waals surface area contributed by atoms with Gasteiger partial charge in [0.25, 0.3) is 0 Å². The van der Waals surface area contributed by atoms with Gasteiger partial charge < -0.3 is 14.2 Å². The number of rotatable bonds is 4. The third-order valence-electron chi connectivity index (χ3n) is 4.05. The van der Waals surface area contributed by atoms with Crippen LogP contribution in [0.25, 0.3) is 0 Å². The molecule has 0 saturated heterocycles. The summed E-state index contributed by atoms with van der Waals surface area (Å²) in [7, 11) is 4.69. The molecule has 0 unspecified atom stereocenters. The number of methoxy groups -OCH3 is 3. The van der Waals surface area contributed by atoms with Gasteiger partial charge in [0.05, 0.1) is 27.2 Å². The van der Waals surface area contributed by atoms with Crippen LogP contribution in [-0.2, 0) is 9.53 Å². The van der Waals surface area contributed by atoms with Gasteiger partial charge in [0, 0.05) is 11.5 Å². The molecule has 0 aromatic heterocycles. The summed E-state index contributed by atoms with van der Waals surface area (Å²) in [6, 6.07) is 5.67. The summed E-state index contributed by atoms with van der Waals surface area (Å²) in [5.41, 5.74) is 2.19. The Morgan fingerprint density at radius 3 is 2.29 bits per heavy atom. The number of esters is 1. The third kappa shape index (κ3) is 3.04. The van der Waals surface area contributed by atoms with Crippen molar-refractivity contribution in [2.75, 3.05) is 21.3 Å². The minimum Gasteiger partial charge on any atom is -0.496 e. The Kier molecular flexibility index (Phi) is 4.89. The molecule has 0 amide bonds. The van der Waals surface area contributed by atoms with Gasteiger partial charge >= 0.3 is 5.97 Å². The molecule has 2 rings (SSSR count). The van der Waals surface area contributed by atoms with Crippen molar-refractivity contribution < 1.29 is 19.0 Å². The molecular formula is C17H22O4. The molecule has 114 valence electrons. The Labute approximate surface area is 125 Å². The molecule has 2 atom stereocenters. The van der Waals surface area contributed by atoms with Gasteiger partial charge in [0.15, 0.2) is 0 Å². The minimum atomic E-state index is -0.205. The fraction of sp³-hybridized carbons (Fsp3) is 0.471. The molecule has 1 aliphatic carbocycles. The second-order valence-corrected chi connectivity index (χ2v) is 5.28. The highest BCUT2D eigenvalue weighted by Crippen LogP contribution is 2.44. The lowest BCUT2D eigenvalue weighted by molar-refractivity contribution is -0.146. The van der Waals surface area contributed by atoms with E-state index >= 15 is 0 Å². The van der Waals surface area contributed by atoms with Crippen molar-refractivity contribution in [1.82, 2.24) is 0 Å². The molecule has 0 radical (unpaired) electrons. The average molecular weight is 290 g/mol. The van der Waals surface area contributed by atoms with Crippen molar-refractivity contribution in [1.29, 1.82) is 0 Å². The third-order valence-corrected chi connectivity index (χ3v) is 4.05. The minimum absolute atomic E-state index is 0.0858. The molecule has 1 aliphatic rings. The first-order valence-electron chi connectivity index (χ1n) is 7.08. The van der Waals surface area contributed by atoms with Gasteiger partial charge in [-0.25, -0.2) is 0 Å². The first kappa shape index (κ1) is 15.4. The molecule has 0 heterocycles. The van der Waals surface area contributed by atoms with Crippen molar-refractivity contribution in [2.45, 2.75) is 25.7 Å². The van der Waals surface area contributed by atoms with Crippen molar-refractivity contribution in [3.05, 3.63) is 35.4 Å². The van der Waals surface area contributed by atoms with Crippen molar-refractivity contribution >= 4 is 5.97 Å². The van der Waals surface area contributed by atoms with Crippen LogP contribution in [0.15, 0.2) is 29.8 Å². The van der Waals surface area contributed by atoms with Crippen LogP contribution >= 0.6 is 0 Å². The first-order valence-corrected chi connectivity index (χ1v) is 7.08. The lowest BCUT2D eigenvalue weighted by Crippen LogP contribution is -2.26. The standard InChI is InChI=1S/C17H22O4/c1-11-8-9-12(17(18)21-4)13(10-11)16-14(19-2)6-5-7-15(16)20-3/h5-7,10,12-13H,8-9H2,1-4H3/t12-,13+/m0/s1. The van der Waals surface area contributed by atoms with Gasteiger partial charge in [0.2, 0.25) is 0 Å². The molecule has 0 aliphatic heterocycles. The van der Waals surface area contributed by atoms with Gasteiger partial charge in [-0.15, -0.1) is 0 Å². The van der Waals surface area contributed by atoms with Gasteiger partial charge in [-0.2, -0.15) is 0 Å². The van der Waals surface area contributed by atoms with Gasteiger partial charge in [-0.3, -0.25) is 4.79 Å². The lowest BCUT2D eigenvalue weighted by atomic mass is 9.76. The van der Waals surface area contributed by atoms with E-state index in [-0.39, 0.29) is 17.8 Å². The number of allylic oxidation sites excluding steroid dienone is 2. The van der Waals surface area contributed by atoms with Crippen LogP contribution in [-0.4, -0.2) is 27.3 Å². The quantitative estimate of drug-likeness (QED) is 0.630. The van der Waals surface area contributed by atoms with Crippen LogP contribution in [0.2, 0.25) is 0 Å². The molecule has 4 nitrogen and oxygen atoms in total. The summed E-state index contributed by atoms with van der Waals surface area (Å²) < 4.78 is 15.9. The van der Waals surface area contributed by atoms with E-state index in [1.54, 1.807) is 14.2 Å². The Bertz CT molecular complexity index is 525. The lowest BCUT2D eigenvalue weighted by Gasteiger charge is -2.30. The van der Waals surface area contributed by atoms with E-state index in [0.29, 0.717) is 0 Å². The highest BCUT2D eigenvalue weighted by molar-refractivity contribution is 5.75. The number of carbonyl (C=O) groups excluding carboxylic acids is 1. The van der Waals surface area contributed by atoms with Crippen LogP contribution < -0.4 is 9.47 Å². The van der Waals surface area contributed by atoms with Crippen LogP contribution in [0, 0.1) is 5.92 Å². The average Bonchev–Trinajstić information content (AvgIpc) is 2.53. The zero-order valence-electron chi connectivity index (χ0n) is 13.0. The number of carbonyl (C=O) groups is 1. The molecule has 4 heteroatoms. The topological polar surface area (TPSA) is 44.8 Å². The number of ether oxygens (including phenoxy) is 3. The molecule has 0 saturated carbocycles. The largest absolute Gasteiger partial charge is 0.496 e. The summed E-state index contributed by atoms with van der Waals surface area (Å²) in [6.07, 6.45) is 3.82. The van der Waals surface area contributed by atoms with Crippen molar-refractivity contribution in [2.24, 2.45) is 5.92 Å². The van der Waals surface area contributed by atoms with E-state index in [9.17, 15) is 4.79 Å². The molecule has 1 aromatic carbocycles. The van der Waals surface area contributed by atoms with E-state index < -0.39 is 0 Å². The highest BCUT2D eigenvalue weighted by atomic mass is 16.5. The molecule has 0 fully saturated rings. The molecular weight excluding hydrogens is 268 g/mol. The van der Waals surface area contributed by atoms with Crippen molar-refractivity contribution in [3.8, 4) is 11.5 Å². The Morgan fingerprint density at radius 2 is 1.76 bits per heavy atom. The zero-order chi connectivity index (χ0) is 15.4. The maximum Gasteiger partial charge on any atom is 0.309 e. The normalized spacial score (nSPS) is 21.4. The molecule has 21 heavy (non-hydrogen) atoms. The summed E-state index contributed by atoms with van der Waals surface area (Å²) in [5.74, 6) is 0.997. The van der Waals surface area contributed by atoms with Crippen LogP contribution in [0.4, 0.5) is 0 Å². The highest BCUT2D eigenvalue weighted by Gasteiger charge is 2.35. The monoisotopic (exact) mass is 290 g/mol. The maximum atomic E-state index is 12.1. The first-order chi connectivity index (χ1) is 10.1. The summed E-state index contributed by atoms with van der Waals surface area (Å²) >= 11 is 0. The summed E-state index contributed by atoms with van der Waals surface area (Å²) in [4.78, 5) is 12.1. The van der Waals surface area contributed by atoms with E-state index in [4.69, 9.17) is 14.2 Å². The molecule has 1 aromatic rings. The maximum absolute atomic E-state index is 12.1. The smallest absolute Gasteiger partial charge is 0.309 e. The Hall–Kier alpha value is -1.97. The van der Waals surface area contributed by atoms with Crippen LogP contribution in [0.1, 0.15) is 31.2 Å². The zero-order valence-corrected chi connectivity index (χ0v) is 13.0. The van der Waals surface area contributed by atoms with E-state index in [2.05, 4.69) is 13.0 Å². The SMILES string of the molecule is COC(=O)[C@H]1CCC(C)=C[C@H]1c1c(OC)cccc1OC. The molecule has 0 N–H and O–H groups in total. The molecule has 0 spiro atoms. The number of hydrogen-bond donors (Lipinski definition) is 0. The summed E-state index contributed by atoms with van der Waals surface area (Å²) in [5, 5.41) is 0.